The van der Waals surface area contributed by atoms with Gasteiger partial charge in [0.15, 0.2) is 0 Å². The van der Waals surface area contributed by atoms with Crippen molar-refractivity contribution in [3.8, 4) is 6.07 Å². The Hall–Kier alpha value is -1.29. The van der Waals surface area contributed by atoms with Gasteiger partial charge in [-0.3, -0.25) is 4.90 Å². The van der Waals surface area contributed by atoms with E-state index in [0.717, 1.165) is 50.0 Å². The van der Waals surface area contributed by atoms with Crippen LogP contribution in [0.2, 0.25) is 0 Å². The van der Waals surface area contributed by atoms with Crippen LogP contribution < -0.4 is 5.32 Å². The molecule has 0 saturated carbocycles. The lowest BCUT2D eigenvalue weighted by Gasteiger charge is -2.43. The van der Waals surface area contributed by atoms with Crippen LogP contribution in [-0.4, -0.2) is 59.8 Å². The van der Waals surface area contributed by atoms with E-state index in [0.29, 0.717) is 5.69 Å². The fourth-order valence-corrected chi connectivity index (χ4v) is 4.61. The summed E-state index contributed by atoms with van der Waals surface area (Å²) in [6.07, 6.45) is 1.20. The molecule has 0 aliphatic carbocycles. The molecule has 0 spiro atoms. The van der Waals surface area contributed by atoms with Gasteiger partial charge in [0, 0.05) is 30.9 Å². The Morgan fingerprint density at radius 2 is 2.27 bits per heavy atom. The van der Waals surface area contributed by atoms with Gasteiger partial charge in [0.1, 0.15) is 17.6 Å². The van der Waals surface area contributed by atoms with E-state index in [2.05, 4.69) is 21.3 Å². The zero-order valence-corrected chi connectivity index (χ0v) is 13.8. The minimum atomic E-state index is 0.188. The minimum Gasteiger partial charge on any atom is -0.379 e. The van der Waals surface area contributed by atoms with Gasteiger partial charge in [-0.25, -0.2) is 4.98 Å². The molecular formula is C16H22N4OS. The predicted molar refractivity (Wildman–Crippen MR) is 89.2 cm³/mol. The van der Waals surface area contributed by atoms with Crippen molar-refractivity contribution in [1.29, 1.82) is 5.26 Å². The number of hydrogen-bond donors (Lipinski definition) is 1. The molecule has 0 aromatic carbocycles. The van der Waals surface area contributed by atoms with Gasteiger partial charge in [0.2, 0.25) is 0 Å². The van der Waals surface area contributed by atoms with Gasteiger partial charge < -0.3 is 10.1 Å². The van der Waals surface area contributed by atoms with Gasteiger partial charge in [0.25, 0.3) is 0 Å². The van der Waals surface area contributed by atoms with Gasteiger partial charge in [-0.15, -0.1) is 0 Å². The summed E-state index contributed by atoms with van der Waals surface area (Å²) in [6, 6.07) is 6.07. The maximum Gasteiger partial charge on any atom is 0.145 e. The first-order valence-electron chi connectivity index (χ1n) is 7.76. The van der Waals surface area contributed by atoms with E-state index in [9.17, 15) is 0 Å². The van der Waals surface area contributed by atoms with E-state index in [1.165, 1.54) is 12.2 Å². The Balaban J connectivity index is 1.71. The summed E-state index contributed by atoms with van der Waals surface area (Å²) in [5.74, 6) is 3.16. The van der Waals surface area contributed by atoms with Crippen LogP contribution in [0.1, 0.15) is 17.7 Å². The summed E-state index contributed by atoms with van der Waals surface area (Å²) in [4.78, 5) is 6.98. The number of nitrogens with one attached hydrogen (secondary N) is 1. The van der Waals surface area contributed by atoms with Crippen LogP contribution in [0.15, 0.2) is 12.1 Å². The number of nitrogens with zero attached hydrogens (tertiary/aromatic N) is 3. The fourth-order valence-electron chi connectivity index (χ4n) is 3.13. The highest BCUT2D eigenvalue weighted by atomic mass is 32.2. The molecule has 3 heterocycles. The van der Waals surface area contributed by atoms with E-state index in [1.807, 2.05) is 30.8 Å². The highest BCUT2D eigenvalue weighted by Crippen LogP contribution is 2.34. The summed E-state index contributed by atoms with van der Waals surface area (Å²) >= 11 is 2.02. The van der Waals surface area contributed by atoms with Gasteiger partial charge in [0.05, 0.1) is 13.2 Å². The van der Waals surface area contributed by atoms with Crippen molar-refractivity contribution in [2.24, 2.45) is 0 Å². The molecule has 1 aromatic rings. The van der Waals surface area contributed by atoms with E-state index in [1.54, 1.807) is 0 Å². The summed E-state index contributed by atoms with van der Waals surface area (Å²) in [6.45, 7) is 6.46. The summed E-state index contributed by atoms with van der Waals surface area (Å²) in [5, 5.41) is 12.6. The largest absolute Gasteiger partial charge is 0.379 e. The van der Waals surface area contributed by atoms with Crippen molar-refractivity contribution in [1.82, 2.24) is 9.88 Å². The Morgan fingerprint density at radius 3 is 2.95 bits per heavy atom. The predicted octanol–water partition coefficient (Wildman–Crippen LogP) is 1.88. The number of aryl methyl sites for hydroxylation is 1. The van der Waals surface area contributed by atoms with Crippen molar-refractivity contribution in [2.75, 3.05) is 49.7 Å². The lowest BCUT2D eigenvalue weighted by Crippen LogP contribution is -2.57. The van der Waals surface area contributed by atoms with Crippen molar-refractivity contribution >= 4 is 17.6 Å². The second-order valence-corrected chi connectivity index (χ2v) is 7.06. The molecule has 1 unspecified atom stereocenters. The molecule has 22 heavy (non-hydrogen) atoms. The molecule has 0 amide bonds. The molecule has 2 saturated heterocycles. The van der Waals surface area contributed by atoms with Crippen LogP contribution in [0.25, 0.3) is 0 Å². The molecule has 1 aromatic heterocycles. The Morgan fingerprint density at radius 1 is 1.45 bits per heavy atom. The summed E-state index contributed by atoms with van der Waals surface area (Å²) in [5.41, 5.74) is 1.62. The van der Waals surface area contributed by atoms with E-state index in [4.69, 9.17) is 10.00 Å². The average Bonchev–Trinajstić information content (AvgIpc) is 3.05. The van der Waals surface area contributed by atoms with Gasteiger partial charge in [-0.05, 0) is 30.7 Å². The van der Waals surface area contributed by atoms with E-state index in [-0.39, 0.29) is 5.54 Å². The standard InChI is InChI=1S/C16H22N4OS/c1-13-2-3-15(19-14(13)10-17)18-11-16(4-9-22-12-16)20-5-7-21-8-6-20/h2-3H,4-9,11-12H2,1H3,(H,18,19). The van der Waals surface area contributed by atoms with Crippen molar-refractivity contribution in [2.45, 2.75) is 18.9 Å². The topological polar surface area (TPSA) is 61.2 Å². The smallest absolute Gasteiger partial charge is 0.145 e. The first-order chi connectivity index (χ1) is 10.7. The molecule has 0 radical (unpaired) electrons. The molecule has 1 atom stereocenters. The Bertz CT molecular complexity index is 560. The summed E-state index contributed by atoms with van der Waals surface area (Å²) in [7, 11) is 0. The molecule has 1 N–H and O–H groups in total. The number of nitriles is 1. The van der Waals surface area contributed by atoms with Crippen molar-refractivity contribution < 1.29 is 4.74 Å². The van der Waals surface area contributed by atoms with Crippen LogP contribution >= 0.6 is 11.8 Å². The number of ether oxygens (including phenoxy) is 1. The second-order valence-electron chi connectivity index (χ2n) is 5.95. The number of pyridine rings is 1. The van der Waals surface area contributed by atoms with Crippen LogP contribution in [0.5, 0.6) is 0 Å². The van der Waals surface area contributed by atoms with Crippen molar-refractivity contribution in [3.05, 3.63) is 23.4 Å². The van der Waals surface area contributed by atoms with Crippen molar-refractivity contribution in [3.63, 3.8) is 0 Å². The van der Waals surface area contributed by atoms with Gasteiger partial charge in [-0.2, -0.15) is 17.0 Å². The zero-order valence-electron chi connectivity index (χ0n) is 13.0. The number of thioether (sulfide) groups is 1. The van der Waals surface area contributed by atoms with Crippen LogP contribution in [0.3, 0.4) is 0 Å². The zero-order chi connectivity index (χ0) is 15.4. The minimum absolute atomic E-state index is 0.188. The molecule has 118 valence electrons. The first-order valence-corrected chi connectivity index (χ1v) is 8.91. The number of rotatable bonds is 4. The average molecular weight is 318 g/mol. The maximum atomic E-state index is 9.11. The Labute approximate surface area is 136 Å². The fraction of sp³-hybridized carbons (Fsp3) is 0.625. The van der Waals surface area contributed by atoms with E-state index < -0.39 is 0 Å². The molecule has 2 aliphatic rings. The normalized spacial score (nSPS) is 25.8. The molecule has 2 aliphatic heterocycles. The van der Waals surface area contributed by atoms with Crippen LogP contribution in [0, 0.1) is 18.3 Å². The third-order valence-corrected chi connectivity index (χ3v) is 5.80. The molecule has 2 fully saturated rings. The monoisotopic (exact) mass is 318 g/mol. The van der Waals surface area contributed by atoms with Gasteiger partial charge >= 0.3 is 0 Å². The number of morpholine rings is 1. The SMILES string of the molecule is Cc1ccc(NCC2(N3CCOCC3)CCSC2)nc1C#N. The number of aromatic nitrogens is 1. The molecule has 0 bridgehead atoms. The third kappa shape index (κ3) is 3.22. The lowest BCUT2D eigenvalue weighted by molar-refractivity contribution is -0.00922. The molecular weight excluding hydrogens is 296 g/mol. The highest BCUT2D eigenvalue weighted by Gasteiger charge is 2.40. The second kappa shape index (κ2) is 6.86. The third-order valence-electron chi connectivity index (χ3n) is 4.57. The first kappa shape index (κ1) is 15.6. The van der Waals surface area contributed by atoms with E-state index >= 15 is 0 Å². The van der Waals surface area contributed by atoms with Gasteiger partial charge in [-0.1, -0.05) is 6.07 Å². The Kier molecular flexibility index (Phi) is 4.87. The quantitative estimate of drug-likeness (QED) is 0.915. The molecule has 3 rings (SSSR count). The maximum absolute atomic E-state index is 9.11. The number of hydrogen-bond acceptors (Lipinski definition) is 6. The van der Waals surface area contributed by atoms with Crippen LogP contribution in [0.4, 0.5) is 5.82 Å². The molecule has 5 nitrogen and oxygen atoms in total. The van der Waals surface area contributed by atoms with Crippen LogP contribution in [-0.2, 0) is 4.74 Å². The highest BCUT2D eigenvalue weighted by molar-refractivity contribution is 7.99. The number of anilines is 1. The summed E-state index contributed by atoms with van der Waals surface area (Å²) < 4.78 is 5.49. The lowest BCUT2D eigenvalue weighted by atomic mass is 9.95. The molecule has 6 heteroatoms.